The second-order valence-electron chi connectivity index (χ2n) is 18.7. The van der Waals surface area contributed by atoms with E-state index in [4.69, 9.17) is 14.7 Å². The van der Waals surface area contributed by atoms with E-state index in [0.717, 1.165) is 55.6 Å². The highest BCUT2D eigenvalue weighted by Crippen LogP contribution is 2.46. The summed E-state index contributed by atoms with van der Waals surface area (Å²) < 4.78 is 9.39. The van der Waals surface area contributed by atoms with Gasteiger partial charge in [-0.1, -0.05) is 141 Å². The van der Waals surface area contributed by atoms with E-state index in [1.807, 2.05) is 36.4 Å². The molecule has 0 saturated carbocycles. The molecule has 0 aliphatic rings. The van der Waals surface area contributed by atoms with Crippen molar-refractivity contribution < 1.29 is 9.84 Å². The average Bonchev–Trinajstić information content (AvgIpc) is 3.52. The first-order chi connectivity index (χ1) is 26.9. The van der Waals surface area contributed by atoms with Crippen molar-refractivity contribution in [2.24, 2.45) is 0 Å². The normalized spacial score (nSPS) is 12.5. The van der Waals surface area contributed by atoms with Gasteiger partial charge >= 0.3 is 0 Å². The van der Waals surface area contributed by atoms with E-state index in [2.05, 4.69) is 153 Å². The maximum absolute atomic E-state index is 11.3. The minimum Gasteiger partial charge on any atom is -0.507 e. The van der Waals surface area contributed by atoms with Gasteiger partial charge in [-0.2, -0.15) is 4.98 Å². The van der Waals surface area contributed by atoms with Gasteiger partial charge in [-0.25, -0.2) is 4.98 Å². The molecule has 5 heteroatoms. The lowest BCUT2D eigenvalue weighted by Gasteiger charge is -2.28. The smallest absolute Gasteiger partial charge is 0.248 e. The zero-order valence-corrected chi connectivity index (χ0v) is 35.2. The van der Waals surface area contributed by atoms with Crippen molar-refractivity contribution in [2.75, 3.05) is 0 Å². The number of phenolic OH excluding ortho intramolecular Hbond substituents is 1. The topological polar surface area (TPSA) is 59.7 Å². The van der Waals surface area contributed by atoms with Crippen LogP contribution in [0.1, 0.15) is 90.1 Å². The van der Waals surface area contributed by atoms with Gasteiger partial charge in [0.1, 0.15) is 17.1 Å². The van der Waals surface area contributed by atoms with Gasteiger partial charge in [0.2, 0.25) is 11.8 Å². The largest absolute Gasteiger partial charge is 0.507 e. The number of hydrogen-bond acceptors (Lipinski definition) is 4. The second kappa shape index (κ2) is 13.6. The van der Waals surface area contributed by atoms with Crippen molar-refractivity contribution in [3.05, 3.63) is 143 Å². The van der Waals surface area contributed by atoms with Crippen LogP contribution in [-0.2, 0) is 16.2 Å². The highest BCUT2D eigenvalue weighted by molar-refractivity contribution is 6.15. The number of benzene rings is 5. The van der Waals surface area contributed by atoms with Crippen LogP contribution < -0.4 is 4.74 Å². The lowest BCUT2D eigenvalue weighted by molar-refractivity contribution is 0.446. The van der Waals surface area contributed by atoms with Crippen LogP contribution in [0.25, 0.3) is 61.0 Å². The molecule has 1 N–H and O–H groups in total. The van der Waals surface area contributed by atoms with E-state index in [9.17, 15) is 5.11 Å². The van der Waals surface area contributed by atoms with E-state index in [1.165, 1.54) is 21.9 Å². The summed E-state index contributed by atoms with van der Waals surface area (Å²) in [4.78, 5) is 10.7. The van der Waals surface area contributed by atoms with Crippen LogP contribution in [0, 0.1) is 13.8 Å². The zero-order valence-electron chi connectivity index (χ0n) is 35.2. The molecule has 8 rings (SSSR count). The van der Waals surface area contributed by atoms with Gasteiger partial charge in [-0.15, -0.1) is 0 Å². The van der Waals surface area contributed by atoms with Crippen LogP contribution in [0.15, 0.2) is 115 Å². The van der Waals surface area contributed by atoms with Gasteiger partial charge in [0, 0.05) is 28.0 Å². The number of nitrogens with zero attached hydrogens (tertiary/aromatic N) is 3. The van der Waals surface area contributed by atoms with Crippen LogP contribution in [0.2, 0.25) is 0 Å². The summed E-state index contributed by atoms with van der Waals surface area (Å²) in [6.45, 7) is 24.6. The molecular weight excluding hydrogens is 699 g/mol. The number of ether oxygens (including phenoxy) is 1. The van der Waals surface area contributed by atoms with Crippen molar-refractivity contribution in [3.8, 4) is 51.2 Å². The molecule has 0 atom stereocenters. The Labute approximate surface area is 337 Å². The third-order valence-electron chi connectivity index (χ3n) is 11.3. The molecule has 0 fully saturated rings. The summed E-state index contributed by atoms with van der Waals surface area (Å²) in [5.74, 6) is 1.05. The molecule has 3 aromatic heterocycles. The number of pyridine rings is 2. The first-order valence-corrected chi connectivity index (χ1v) is 20.0. The van der Waals surface area contributed by atoms with Crippen molar-refractivity contribution in [3.63, 3.8) is 0 Å². The van der Waals surface area contributed by atoms with Crippen LogP contribution in [0.3, 0.4) is 0 Å². The molecule has 0 aliphatic carbocycles. The Morgan fingerprint density at radius 2 is 1.23 bits per heavy atom. The van der Waals surface area contributed by atoms with Crippen LogP contribution >= 0.6 is 0 Å². The summed E-state index contributed by atoms with van der Waals surface area (Å²) in [6, 6.07) is 39.8. The standard InChI is InChI=1S/C52H53N3O2/c1-31-18-17-19-32(2)45(31)47-49(54-48-39-27-35(50(3,4)5)28-40(52(9,10)11)46(39)37-22-15-16-23-42(37)55(47)48)57-44-30-36(51(6,7)8)29-41(53-44)38-26-34(24-25-43(38)56)33-20-13-12-14-21-33/h12-30,56H,1-11H3. The van der Waals surface area contributed by atoms with Crippen LogP contribution in [-0.4, -0.2) is 19.5 Å². The molecule has 8 aromatic rings. The Balaban J connectivity index is 1.46. The van der Waals surface area contributed by atoms with Gasteiger partial charge in [0.25, 0.3) is 0 Å². The predicted molar refractivity (Wildman–Crippen MR) is 238 cm³/mol. The molecule has 3 heterocycles. The van der Waals surface area contributed by atoms with E-state index in [0.29, 0.717) is 23.0 Å². The van der Waals surface area contributed by atoms with Gasteiger partial charge in [0.15, 0.2) is 0 Å². The Hall–Kier alpha value is -5.94. The molecule has 0 spiro atoms. The summed E-state index contributed by atoms with van der Waals surface area (Å²) in [7, 11) is 0. The number of aryl methyl sites for hydroxylation is 2. The third-order valence-corrected chi connectivity index (χ3v) is 11.3. The molecule has 57 heavy (non-hydrogen) atoms. The molecule has 288 valence electrons. The maximum atomic E-state index is 11.3. The second-order valence-corrected chi connectivity index (χ2v) is 18.7. The fraction of sp³-hybridized carbons (Fsp3) is 0.269. The number of hydrogen-bond donors (Lipinski definition) is 1. The number of phenols is 1. The number of rotatable bonds is 5. The molecule has 5 nitrogen and oxygen atoms in total. The first kappa shape index (κ1) is 38.0. The Bertz CT molecular complexity index is 2820. The maximum Gasteiger partial charge on any atom is 0.248 e. The van der Waals surface area contributed by atoms with E-state index in [-0.39, 0.29) is 22.0 Å². The zero-order chi connectivity index (χ0) is 40.6. The molecule has 0 saturated heterocycles. The van der Waals surface area contributed by atoms with Crippen LogP contribution in [0.4, 0.5) is 0 Å². The Kier molecular flexibility index (Phi) is 9.07. The Morgan fingerprint density at radius 3 is 1.89 bits per heavy atom. The monoisotopic (exact) mass is 751 g/mol. The van der Waals surface area contributed by atoms with E-state index in [1.54, 1.807) is 6.07 Å². The SMILES string of the molecule is Cc1cccc(C)c1-c1c(Oc2cc(C(C)(C)C)cc(-c3cc(-c4ccccc4)ccc3O)n2)nc2c3cc(C(C)(C)C)cc(C(C)(C)C)c3c3ccccc3n12. The summed E-state index contributed by atoms with van der Waals surface area (Å²) in [5, 5.41) is 14.8. The van der Waals surface area contributed by atoms with Crippen molar-refractivity contribution in [1.29, 1.82) is 0 Å². The van der Waals surface area contributed by atoms with Gasteiger partial charge in [0.05, 0.1) is 11.2 Å². The first-order valence-electron chi connectivity index (χ1n) is 20.0. The van der Waals surface area contributed by atoms with Gasteiger partial charge in [-0.05, 0) is 105 Å². The molecule has 0 bridgehead atoms. The lowest BCUT2D eigenvalue weighted by Crippen LogP contribution is -2.17. The third kappa shape index (κ3) is 6.84. The molecular formula is C52H53N3O2. The highest BCUT2D eigenvalue weighted by Gasteiger charge is 2.29. The minimum atomic E-state index is -0.240. The van der Waals surface area contributed by atoms with Crippen molar-refractivity contribution >= 4 is 27.3 Å². The van der Waals surface area contributed by atoms with Crippen LogP contribution in [0.5, 0.6) is 17.5 Å². The number of aromatic hydroxyl groups is 1. The molecule has 5 aromatic carbocycles. The summed E-state index contributed by atoms with van der Waals surface area (Å²) in [6.07, 6.45) is 0. The van der Waals surface area contributed by atoms with Gasteiger partial charge < -0.3 is 9.84 Å². The highest BCUT2D eigenvalue weighted by atomic mass is 16.5. The molecule has 0 radical (unpaired) electrons. The van der Waals surface area contributed by atoms with E-state index < -0.39 is 0 Å². The molecule has 0 aliphatic heterocycles. The Morgan fingerprint density at radius 1 is 0.579 bits per heavy atom. The molecule has 0 unspecified atom stereocenters. The lowest BCUT2D eigenvalue weighted by atomic mass is 9.77. The number of para-hydroxylation sites is 1. The van der Waals surface area contributed by atoms with E-state index >= 15 is 0 Å². The predicted octanol–water partition coefficient (Wildman–Crippen LogP) is 14.0. The number of fused-ring (bicyclic) bond motifs is 6. The van der Waals surface area contributed by atoms with Crippen molar-refractivity contribution in [1.82, 2.24) is 14.4 Å². The fourth-order valence-corrected chi connectivity index (χ4v) is 8.09. The number of aromatic nitrogens is 3. The number of imidazole rings is 1. The quantitative estimate of drug-likeness (QED) is 0.178. The van der Waals surface area contributed by atoms with Crippen molar-refractivity contribution in [2.45, 2.75) is 92.4 Å². The average molecular weight is 752 g/mol. The summed E-state index contributed by atoms with van der Waals surface area (Å²) in [5.41, 5.74) is 12.6. The fourth-order valence-electron chi connectivity index (χ4n) is 8.09. The molecule has 0 amide bonds. The summed E-state index contributed by atoms with van der Waals surface area (Å²) >= 11 is 0. The van der Waals surface area contributed by atoms with Gasteiger partial charge in [-0.3, -0.25) is 4.40 Å². The minimum absolute atomic E-state index is 0.0880.